The Morgan fingerprint density at radius 2 is 1.86 bits per heavy atom. The van der Waals surface area contributed by atoms with E-state index in [4.69, 9.17) is 4.52 Å². The number of nitrogens with zero attached hydrogens (tertiary/aromatic N) is 6. The van der Waals surface area contributed by atoms with Crippen molar-refractivity contribution in [2.75, 3.05) is 44.2 Å². The van der Waals surface area contributed by atoms with E-state index in [9.17, 15) is 0 Å². The highest BCUT2D eigenvalue weighted by molar-refractivity contribution is 5.29. The van der Waals surface area contributed by atoms with Crippen LogP contribution in [0.5, 0.6) is 0 Å². The van der Waals surface area contributed by atoms with Gasteiger partial charge in [-0.1, -0.05) is 5.16 Å². The molecule has 4 heterocycles. The van der Waals surface area contributed by atoms with Gasteiger partial charge in [-0.25, -0.2) is 9.97 Å². The van der Waals surface area contributed by atoms with E-state index in [0.717, 1.165) is 57.5 Å². The smallest absolute Gasteiger partial charge is 0.225 e. The molecule has 2 aromatic heterocycles. The highest BCUT2D eigenvalue weighted by Gasteiger charge is 2.33. The fourth-order valence-corrected chi connectivity index (χ4v) is 3.19. The third-order valence-corrected chi connectivity index (χ3v) is 4.48. The SMILES string of the molecule is c1cnc(N2CCN(C3CN(Cc4ccon4)C3)CC2)nc1. The molecule has 0 amide bonds. The van der Waals surface area contributed by atoms with Crippen molar-refractivity contribution >= 4 is 5.95 Å². The second-order valence-corrected chi connectivity index (χ2v) is 5.91. The summed E-state index contributed by atoms with van der Waals surface area (Å²) in [7, 11) is 0. The molecular weight excluding hydrogens is 280 g/mol. The maximum absolute atomic E-state index is 4.88. The molecule has 0 aliphatic carbocycles. The van der Waals surface area contributed by atoms with E-state index in [1.54, 1.807) is 6.26 Å². The molecule has 7 nitrogen and oxygen atoms in total. The average molecular weight is 300 g/mol. The molecule has 22 heavy (non-hydrogen) atoms. The first-order valence-electron chi connectivity index (χ1n) is 7.76. The van der Waals surface area contributed by atoms with E-state index < -0.39 is 0 Å². The highest BCUT2D eigenvalue weighted by atomic mass is 16.5. The van der Waals surface area contributed by atoms with Crippen LogP contribution in [-0.4, -0.2) is 70.2 Å². The van der Waals surface area contributed by atoms with Crippen LogP contribution in [0.25, 0.3) is 0 Å². The number of anilines is 1. The molecule has 0 aromatic carbocycles. The molecule has 0 N–H and O–H groups in total. The first-order valence-corrected chi connectivity index (χ1v) is 7.76. The Balaban J connectivity index is 1.24. The van der Waals surface area contributed by atoms with Gasteiger partial charge in [0.2, 0.25) is 5.95 Å². The zero-order valence-electron chi connectivity index (χ0n) is 12.5. The Kier molecular flexibility index (Phi) is 3.74. The van der Waals surface area contributed by atoms with Crippen LogP contribution in [0, 0.1) is 0 Å². The standard InChI is InChI=1S/C15H20N6O/c1-3-16-15(17-4-1)21-7-5-20(6-8-21)14-11-19(12-14)10-13-2-9-22-18-13/h1-4,9,14H,5-8,10-12H2. The molecule has 4 rings (SSSR count). The summed E-state index contributed by atoms with van der Waals surface area (Å²) in [5.74, 6) is 0.850. The summed E-state index contributed by atoms with van der Waals surface area (Å²) < 4.78 is 4.88. The minimum atomic E-state index is 0.672. The van der Waals surface area contributed by atoms with Crippen molar-refractivity contribution in [2.45, 2.75) is 12.6 Å². The number of piperazine rings is 1. The van der Waals surface area contributed by atoms with Crippen LogP contribution < -0.4 is 4.90 Å². The second-order valence-electron chi connectivity index (χ2n) is 5.91. The summed E-state index contributed by atoms with van der Waals surface area (Å²) in [6.07, 6.45) is 5.25. The Morgan fingerprint density at radius 3 is 2.55 bits per heavy atom. The van der Waals surface area contributed by atoms with Gasteiger partial charge in [-0.05, 0) is 6.07 Å². The van der Waals surface area contributed by atoms with Crippen LogP contribution >= 0.6 is 0 Å². The van der Waals surface area contributed by atoms with E-state index in [-0.39, 0.29) is 0 Å². The van der Waals surface area contributed by atoms with Crippen molar-refractivity contribution in [1.82, 2.24) is 24.9 Å². The molecule has 2 fully saturated rings. The lowest BCUT2D eigenvalue weighted by Crippen LogP contribution is -2.62. The van der Waals surface area contributed by atoms with Gasteiger partial charge in [0.05, 0.1) is 5.69 Å². The minimum absolute atomic E-state index is 0.672. The van der Waals surface area contributed by atoms with Crippen molar-refractivity contribution in [2.24, 2.45) is 0 Å². The largest absolute Gasteiger partial charge is 0.364 e. The first kappa shape index (κ1) is 13.7. The van der Waals surface area contributed by atoms with Crippen LogP contribution in [0.15, 0.2) is 35.3 Å². The van der Waals surface area contributed by atoms with Gasteiger partial charge in [-0.15, -0.1) is 0 Å². The number of hydrogen-bond acceptors (Lipinski definition) is 7. The second kappa shape index (κ2) is 6.02. The predicted molar refractivity (Wildman–Crippen MR) is 81.4 cm³/mol. The van der Waals surface area contributed by atoms with Gasteiger partial charge >= 0.3 is 0 Å². The molecule has 0 spiro atoms. The summed E-state index contributed by atoms with van der Waals surface area (Å²) in [6, 6.07) is 4.47. The van der Waals surface area contributed by atoms with Crippen LogP contribution in [0.2, 0.25) is 0 Å². The summed E-state index contributed by atoms with van der Waals surface area (Å²) in [4.78, 5) is 15.9. The van der Waals surface area contributed by atoms with E-state index in [0.29, 0.717) is 6.04 Å². The first-order chi connectivity index (χ1) is 10.9. The van der Waals surface area contributed by atoms with Crippen molar-refractivity contribution in [3.8, 4) is 0 Å². The van der Waals surface area contributed by atoms with E-state index >= 15 is 0 Å². The summed E-state index contributed by atoms with van der Waals surface area (Å²) >= 11 is 0. The van der Waals surface area contributed by atoms with E-state index in [2.05, 4.69) is 29.8 Å². The number of aromatic nitrogens is 3. The van der Waals surface area contributed by atoms with Gasteiger partial charge < -0.3 is 9.42 Å². The number of hydrogen-bond donors (Lipinski definition) is 0. The summed E-state index contributed by atoms with van der Waals surface area (Å²) in [6.45, 7) is 7.31. The van der Waals surface area contributed by atoms with Crippen LogP contribution in [0.3, 0.4) is 0 Å². The van der Waals surface area contributed by atoms with Gasteiger partial charge in [-0.3, -0.25) is 9.80 Å². The zero-order chi connectivity index (χ0) is 14.8. The fraction of sp³-hybridized carbons (Fsp3) is 0.533. The third-order valence-electron chi connectivity index (χ3n) is 4.48. The van der Waals surface area contributed by atoms with Crippen molar-refractivity contribution in [3.63, 3.8) is 0 Å². The monoisotopic (exact) mass is 300 g/mol. The molecular formula is C15H20N6O. The normalized spacial score (nSPS) is 21.0. The Morgan fingerprint density at radius 1 is 1.09 bits per heavy atom. The Hall–Kier alpha value is -1.99. The van der Waals surface area contributed by atoms with E-state index in [1.807, 2.05) is 24.5 Å². The lowest BCUT2D eigenvalue weighted by molar-refractivity contribution is 0.0242. The lowest BCUT2D eigenvalue weighted by Gasteiger charge is -2.48. The topological polar surface area (TPSA) is 61.5 Å². The quantitative estimate of drug-likeness (QED) is 0.813. The molecule has 2 aliphatic heterocycles. The van der Waals surface area contributed by atoms with Crippen molar-refractivity contribution in [3.05, 3.63) is 36.5 Å². The molecule has 0 bridgehead atoms. The number of rotatable bonds is 4. The Bertz CT molecular complexity index is 575. The van der Waals surface area contributed by atoms with Gasteiger partial charge in [0.1, 0.15) is 6.26 Å². The molecule has 0 saturated carbocycles. The number of likely N-dealkylation sites (tertiary alicyclic amines) is 1. The van der Waals surface area contributed by atoms with Crippen LogP contribution in [0.4, 0.5) is 5.95 Å². The fourth-order valence-electron chi connectivity index (χ4n) is 3.19. The van der Waals surface area contributed by atoms with Crippen LogP contribution in [0.1, 0.15) is 5.69 Å². The maximum atomic E-state index is 4.88. The van der Waals surface area contributed by atoms with Crippen LogP contribution in [-0.2, 0) is 6.54 Å². The maximum Gasteiger partial charge on any atom is 0.225 e. The Labute approximate surface area is 129 Å². The zero-order valence-corrected chi connectivity index (χ0v) is 12.5. The molecule has 0 radical (unpaired) electrons. The molecule has 0 atom stereocenters. The summed E-state index contributed by atoms with van der Waals surface area (Å²) in [5, 5.41) is 3.97. The van der Waals surface area contributed by atoms with Gasteiger partial charge in [0.25, 0.3) is 0 Å². The lowest BCUT2D eigenvalue weighted by atomic mass is 10.1. The van der Waals surface area contributed by atoms with Gasteiger partial charge in [-0.2, -0.15) is 0 Å². The molecule has 0 unspecified atom stereocenters. The minimum Gasteiger partial charge on any atom is -0.364 e. The molecule has 116 valence electrons. The van der Waals surface area contributed by atoms with Gasteiger partial charge in [0, 0.05) is 70.3 Å². The third kappa shape index (κ3) is 2.82. The van der Waals surface area contributed by atoms with Gasteiger partial charge in [0.15, 0.2) is 0 Å². The average Bonchev–Trinajstić information content (AvgIpc) is 3.05. The van der Waals surface area contributed by atoms with Crippen molar-refractivity contribution < 1.29 is 4.52 Å². The molecule has 2 aliphatic rings. The van der Waals surface area contributed by atoms with E-state index in [1.165, 1.54) is 0 Å². The van der Waals surface area contributed by atoms with Crippen molar-refractivity contribution in [1.29, 1.82) is 0 Å². The molecule has 2 saturated heterocycles. The molecule has 7 heteroatoms. The summed E-state index contributed by atoms with van der Waals surface area (Å²) in [5.41, 5.74) is 1.02. The molecule has 2 aromatic rings. The predicted octanol–water partition coefficient (Wildman–Crippen LogP) is 0.471. The highest BCUT2D eigenvalue weighted by Crippen LogP contribution is 2.20.